The van der Waals surface area contributed by atoms with Gasteiger partial charge in [-0.25, -0.2) is 0 Å². The van der Waals surface area contributed by atoms with Gasteiger partial charge >= 0.3 is 0 Å². The quantitative estimate of drug-likeness (QED) is 0.830. The zero-order valence-electron chi connectivity index (χ0n) is 8.34. The lowest BCUT2D eigenvalue weighted by molar-refractivity contribution is 0.598. The molecule has 1 aliphatic rings. The third-order valence-electron chi connectivity index (χ3n) is 2.81. The minimum Gasteiger partial charge on any atom is -0.398 e. The van der Waals surface area contributed by atoms with E-state index in [1.807, 2.05) is 12.1 Å². The normalized spacial score (nSPS) is 17.8. The Bertz CT molecular complexity index is 375. The lowest BCUT2D eigenvalue weighted by Gasteiger charge is -2.15. The summed E-state index contributed by atoms with van der Waals surface area (Å²) in [5.74, 6) is 0.817. The Morgan fingerprint density at radius 3 is 2.60 bits per heavy atom. The average Bonchev–Trinajstić information content (AvgIpc) is 2.94. The molecule has 0 aliphatic heterocycles. The predicted octanol–water partition coefficient (Wildman–Crippen LogP) is 3.59. The second-order valence-electron chi connectivity index (χ2n) is 4.18. The van der Waals surface area contributed by atoms with E-state index in [4.69, 9.17) is 11.5 Å². The fourth-order valence-electron chi connectivity index (χ4n) is 1.75. The Labute approximate surface area is 107 Å². The van der Waals surface area contributed by atoms with E-state index in [-0.39, 0.29) is 6.04 Å². The van der Waals surface area contributed by atoms with E-state index in [2.05, 4.69) is 31.9 Å². The molecule has 1 aromatic rings. The zero-order valence-corrected chi connectivity index (χ0v) is 11.5. The fourth-order valence-corrected chi connectivity index (χ4v) is 3.01. The Balaban J connectivity index is 2.24. The number of halogens is 2. The summed E-state index contributed by atoms with van der Waals surface area (Å²) in [6.07, 6.45) is 3.69. The highest BCUT2D eigenvalue weighted by Crippen LogP contribution is 2.39. The van der Waals surface area contributed by atoms with Crippen LogP contribution in [0.4, 0.5) is 5.69 Å². The van der Waals surface area contributed by atoms with Crippen molar-refractivity contribution in [2.24, 2.45) is 11.7 Å². The molecule has 0 unspecified atom stereocenters. The summed E-state index contributed by atoms with van der Waals surface area (Å²) in [6.45, 7) is 0. The van der Waals surface area contributed by atoms with E-state index in [9.17, 15) is 0 Å². The summed E-state index contributed by atoms with van der Waals surface area (Å²) in [4.78, 5) is 0. The van der Waals surface area contributed by atoms with Crippen LogP contribution >= 0.6 is 31.9 Å². The van der Waals surface area contributed by atoms with Crippen molar-refractivity contribution in [3.63, 3.8) is 0 Å². The summed E-state index contributed by atoms with van der Waals surface area (Å²) >= 11 is 6.89. The molecule has 1 saturated carbocycles. The van der Waals surface area contributed by atoms with Gasteiger partial charge < -0.3 is 11.5 Å². The maximum absolute atomic E-state index is 6.15. The van der Waals surface area contributed by atoms with Crippen molar-refractivity contribution in [3.8, 4) is 0 Å². The van der Waals surface area contributed by atoms with Crippen LogP contribution in [0.15, 0.2) is 21.1 Å². The molecular formula is C11H14Br2N2. The Kier molecular flexibility index (Phi) is 3.38. The van der Waals surface area contributed by atoms with Crippen LogP contribution in [0.25, 0.3) is 0 Å². The van der Waals surface area contributed by atoms with E-state index in [1.165, 1.54) is 12.8 Å². The van der Waals surface area contributed by atoms with Crippen molar-refractivity contribution in [3.05, 3.63) is 26.6 Å². The first-order valence-electron chi connectivity index (χ1n) is 5.08. The molecule has 1 aliphatic carbocycles. The molecule has 1 atom stereocenters. The first-order chi connectivity index (χ1) is 7.08. The van der Waals surface area contributed by atoms with Gasteiger partial charge in [0, 0.05) is 15.0 Å². The number of nitrogens with two attached hydrogens (primary N) is 2. The molecule has 0 bridgehead atoms. The second kappa shape index (κ2) is 4.44. The van der Waals surface area contributed by atoms with Gasteiger partial charge in [0.25, 0.3) is 0 Å². The molecule has 0 saturated heterocycles. The highest BCUT2D eigenvalue weighted by atomic mass is 79.9. The molecule has 82 valence electrons. The van der Waals surface area contributed by atoms with E-state index < -0.39 is 0 Å². The molecule has 15 heavy (non-hydrogen) atoms. The molecule has 0 spiro atoms. The molecule has 0 radical (unpaired) electrons. The molecule has 2 nitrogen and oxygen atoms in total. The van der Waals surface area contributed by atoms with Crippen molar-refractivity contribution in [1.29, 1.82) is 0 Å². The number of rotatable bonds is 3. The Hall–Kier alpha value is -0.0600. The van der Waals surface area contributed by atoms with Crippen LogP contribution in [0.5, 0.6) is 0 Å². The predicted molar refractivity (Wildman–Crippen MR) is 70.5 cm³/mol. The number of hydrogen-bond donors (Lipinski definition) is 2. The largest absolute Gasteiger partial charge is 0.398 e. The molecule has 1 fully saturated rings. The van der Waals surface area contributed by atoms with Crippen LogP contribution in [0, 0.1) is 5.92 Å². The molecule has 2 rings (SSSR count). The third-order valence-corrected chi connectivity index (χ3v) is 3.92. The minimum absolute atomic E-state index is 0.0614. The van der Waals surface area contributed by atoms with E-state index in [1.54, 1.807) is 0 Å². The molecule has 4 heteroatoms. The van der Waals surface area contributed by atoms with Gasteiger partial charge in [-0.2, -0.15) is 0 Å². The second-order valence-corrected chi connectivity index (χ2v) is 5.95. The van der Waals surface area contributed by atoms with Crippen molar-refractivity contribution >= 4 is 37.5 Å². The fraction of sp³-hybridized carbons (Fsp3) is 0.455. The van der Waals surface area contributed by atoms with Crippen LogP contribution in [0.2, 0.25) is 0 Å². The maximum Gasteiger partial charge on any atom is 0.0507 e. The summed E-state index contributed by atoms with van der Waals surface area (Å²) in [6, 6.07) is 4.03. The zero-order chi connectivity index (χ0) is 11.0. The number of hydrogen-bond acceptors (Lipinski definition) is 2. The van der Waals surface area contributed by atoms with Crippen LogP contribution in [0.3, 0.4) is 0 Å². The van der Waals surface area contributed by atoms with Gasteiger partial charge in [-0.3, -0.25) is 0 Å². The lowest BCUT2D eigenvalue weighted by Crippen LogP contribution is -2.13. The van der Waals surface area contributed by atoms with Crippen molar-refractivity contribution < 1.29 is 0 Å². The number of nitrogen functional groups attached to an aromatic ring is 1. The van der Waals surface area contributed by atoms with Gasteiger partial charge in [0.15, 0.2) is 0 Å². The lowest BCUT2D eigenvalue weighted by atomic mass is 10.0. The van der Waals surface area contributed by atoms with Crippen molar-refractivity contribution in [2.45, 2.75) is 25.3 Å². The van der Waals surface area contributed by atoms with E-state index in [0.717, 1.165) is 32.5 Å². The Morgan fingerprint density at radius 2 is 2.00 bits per heavy atom. The molecule has 4 N–H and O–H groups in total. The summed E-state index contributed by atoms with van der Waals surface area (Å²) in [7, 11) is 0. The standard InChI is InChI=1S/C11H14Br2N2/c12-7-4-8(11(15)9(13)5-7)10(14)3-6-1-2-6/h4-6,10H,1-3,14-15H2/t10-/m0/s1. The molecular weight excluding hydrogens is 320 g/mol. The van der Waals surface area contributed by atoms with Crippen LogP contribution in [-0.4, -0.2) is 0 Å². The van der Waals surface area contributed by atoms with Gasteiger partial charge in [-0.1, -0.05) is 28.8 Å². The molecule has 1 aromatic carbocycles. The summed E-state index contributed by atoms with van der Waals surface area (Å²) < 4.78 is 1.93. The van der Waals surface area contributed by atoms with Crippen LogP contribution in [0.1, 0.15) is 30.9 Å². The van der Waals surface area contributed by atoms with Gasteiger partial charge in [-0.15, -0.1) is 0 Å². The average molecular weight is 334 g/mol. The van der Waals surface area contributed by atoms with Crippen LogP contribution < -0.4 is 11.5 Å². The van der Waals surface area contributed by atoms with E-state index >= 15 is 0 Å². The SMILES string of the molecule is Nc1c(Br)cc(Br)cc1[C@@H](N)CC1CC1. The topological polar surface area (TPSA) is 52.0 Å². The molecule has 0 amide bonds. The minimum atomic E-state index is 0.0614. The van der Waals surface area contributed by atoms with E-state index in [0.29, 0.717) is 0 Å². The third kappa shape index (κ3) is 2.74. The highest BCUT2D eigenvalue weighted by Gasteiger charge is 2.25. The monoisotopic (exact) mass is 332 g/mol. The first kappa shape index (κ1) is 11.4. The Morgan fingerprint density at radius 1 is 1.33 bits per heavy atom. The number of benzene rings is 1. The summed E-state index contributed by atoms with van der Waals surface area (Å²) in [5.41, 5.74) is 14.0. The van der Waals surface area contributed by atoms with Gasteiger partial charge in [0.2, 0.25) is 0 Å². The highest BCUT2D eigenvalue weighted by molar-refractivity contribution is 9.11. The summed E-state index contributed by atoms with van der Waals surface area (Å²) in [5, 5.41) is 0. The van der Waals surface area contributed by atoms with Crippen molar-refractivity contribution in [1.82, 2.24) is 0 Å². The molecule has 0 heterocycles. The van der Waals surface area contributed by atoms with Gasteiger partial charge in [0.05, 0.1) is 5.69 Å². The first-order valence-corrected chi connectivity index (χ1v) is 6.66. The van der Waals surface area contributed by atoms with Gasteiger partial charge in [0.1, 0.15) is 0 Å². The maximum atomic E-state index is 6.15. The molecule has 0 aromatic heterocycles. The van der Waals surface area contributed by atoms with Gasteiger partial charge in [-0.05, 0) is 46.0 Å². The van der Waals surface area contributed by atoms with Crippen molar-refractivity contribution in [2.75, 3.05) is 5.73 Å². The smallest absolute Gasteiger partial charge is 0.0507 e. The van der Waals surface area contributed by atoms with Crippen LogP contribution in [-0.2, 0) is 0 Å². The number of anilines is 1.